The van der Waals surface area contributed by atoms with E-state index in [0.29, 0.717) is 25.3 Å². The smallest absolute Gasteiger partial charge is 0.271 e. The summed E-state index contributed by atoms with van der Waals surface area (Å²) in [7, 11) is -3.14. The summed E-state index contributed by atoms with van der Waals surface area (Å²) >= 11 is 0. The van der Waals surface area contributed by atoms with E-state index in [9.17, 15) is 18.0 Å². The molecule has 29 heavy (non-hydrogen) atoms. The lowest BCUT2D eigenvalue weighted by atomic mass is 10.1. The number of sulfone groups is 1. The highest BCUT2D eigenvalue weighted by Gasteiger charge is 2.37. The maximum absolute atomic E-state index is 12.6. The van der Waals surface area contributed by atoms with Crippen molar-refractivity contribution in [2.75, 3.05) is 48.0 Å². The number of nitrogens with one attached hydrogen (secondary N) is 1. The molecule has 0 radical (unpaired) electrons. The molecule has 9 nitrogen and oxygen atoms in total. The van der Waals surface area contributed by atoms with E-state index in [1.54, 1.807) is 0 Å². The number of carbonyl (C=O) groups excluding carboxylic acids is 2. The molecule has 10 heteroatoms. The molecule has 3 heterocycles. The first-order chi connectivity index (χ1) is 13.9. The highest BCUT2D eigenvalue weighted by atomic mass is 32.2. The second-order valence-corrected chi connectivity index (χ2v) is 9.67. The Labute approximate surface area is 169 Å². The molecule has 1 atom stereocenters. The number of benzene rings is 1. The predicted octanol–water partition coefficient (Wildman–Crippen LogP) is 0.627. The molecule has 1 aromatic carbocycles. The van der Waals surface area contributed by atoms with Crippen LogP contribution in [0.2, 0.25) is 0 Å². The third-order valence-electron chi connectivity index (χ3n) is 5.38. The van der Waals surface area contributed by atoms with Crippen molar-refractivity contribution in [3.8, 4) is 0 Å². The van der Waals surface area contributed by atoms with E-state index >= 15 is 0 Å². The number of hydrazone groups is 1. The monoisotopic (exact) mass is 420 g/mol. The number of hydrogen-bond acceptors (Lipinski definition) is 7. The Morgan fingerprint density at radius 2 is 1.86 bits per heavy atom. The van der Waals surface area contributed by atoms with Gasteiger partial charge in [-0.2, -0.15) is 5.10 Å². The first-order valence-corrected chi connectivity index (χ1v) is 11.6. The lowest BCUT2D eigenvalue weighted by Crippen LogP contribution is -2.42. The molecule has 0 aliphatic carbocycles. The second-order valence-electron chi connectivity index (χ2n) is 7.44. The Hall–Kier alpha value is -2.46. The maximum Gasteiger partial charge on any atom is 0.271 e. The molecular weight excluding hydrogens is 396 g/mol. The molecule has 3 aliphatic heterocycles. The van der Waals surface area contributed by atoms with Gasteiger partial charge in [-0.3, -0.25) is 9.59 Å². The summed E-state index contributed by atoms with van der Waals surface area (Å²) in [5, 5.41) is 8.21. The summed E-state index contributed by atoms with van der Waals surface area (Å²) in [5.74, 6) is -0.658. The van der Waals surface area contributed by atoms with Gasteiger partial charge in [0, 0.05) is 37.3 Å². The third-order valence-corrected chi connectivity index (χ3v) is 7.13. The van der Waals surface area contributed by atoms with Gasteiger partial charge in [-0.15, -0.1) is 0 Å². The van der Waals surface area contributed by atoms with Crippen molar-refractivity contribution in [3.05, 3.63) is 24.3 Å². The number of amides is 2. The molecule has 1 aromatic rings. The number of nitrogens with zero attached hydrogens (tertiary/aromatic N) is 3. The number of rotatable bonds is 4. The molecule has 156 valence electrons. The Morgan fingerprint density at radius 1 is 1.14 bits per heavy atom. The summed E-state index contributed by atoms with van der Waals surface area (Å²) in [6, 6.07) is 7.08. The van der Waals surface area contributed by atoms with Crippen LogP contribution in [0.5, 0.6) is 0 Å². The summed E-state index contributed by atoms with van der Waals surface area (Å²) in [5.41, 5.74) is 1.95. The third kappa shape index (κ3) is 4.59. The zero-order valence-electron chi connectivity index (χ0n) is 16.0. The van der Waals surface area contributed by atoms with Crippen LogP contribution in [0.15, 0.2) is 29.4 Å². The SMILES string of the molecule is O=C(Nc1ccc(N2CCOCC2)cc1)C1=NN(C2CCS(=O)(=O)C2)C(=O)CC1. The van der Waals surface area contributed by atoms with E-state index in [2.05, 4.69) is 15.3 Å². The van der Waals surface area contributed by atoms with E-state index in [4.69, 9.17) is 4.74 Å². The predicted molar refractivity (Wildman–Crippen MR) is 109 cm³/mol. The van der Waals surface area contributed by atoms with Gasteiger partial charge in [0.1, 0.15) is 5.71 Å². The van der Waals surface area contributed by atoms with E-state index in [1.165, 1.54) is 5.01 Å². The van der Waals surface area contributed by atoms with Gasteiger partial charge in [-0.25, -0.2) is 13.4 Å². The maximum atomic E-state index is 12.6. The average molecular weight is 420 g/mol. The van der Waals surface area contributed by atoms with Crippen molar-refractivity contribution < 1.29 is 22.7 Å². The second kappa shape index (κ2) is 8.11. The summed E-state index contributed by atoms with van der Waals surface area (Å²) in [6.07, 6.45) is 0.751. The molecule has 0 aromatic heterocycles. The van der Waals surface area contributed by atoms with Crippen LogP contribution in [0.25, 0.3) is 0 Å². The van der Waals surface area contributed by atoms with Crippen molar-refractivity contribution in [2.24, 2.45) is 5.10 Å². The lowest BCUT2D eigenvalue weighted by Gasteiger charge is -2.29. The zero-order chi connectivity index (χ0) is 20.4. The van der Waals surface area contributed by atoms with Crippen molar-refractivity contribution in [1.82, 2.24) is 5.01 Å². The van der Waals surface area contributed by atoms with Crippen LogP contribution in [0.4, 0.5) is 11.4 Å². The van der Waals surface area contributed by atoms with Gasteiger partial charge in [0.05, 0.1) is 30.8 Å². The fourth-order valence-corrected chi connectivity index (χ4v) is 5.46. The van der Waals surface area contributed by atoms with Crippen LogP contribution >= 0.6 is 0 Å². The molecular formula is C19H24N4O5S. The average Bonchev–Trinajstić information content (AvgIpc) is 3.09. The van der Waals surface area contributed by atoms with Crippen LogP contribution in [-0.2, 0) is 24.2 Å². The van der Waals surface area contributed by atoms with Crippen LogP contribution in [0, 0.1) is 0 Å². The zero-order valence-corrected chi connectivity index (χ0v) is 16.9. The number of morpholine rings is 1. The molecule has 0 spiro atoms. The Morgan fingerprint density at radius 3 is 2.52 bits per heavy atom. The molecule has 2 amide bonds. The summed E-state index contributed by atoms with van der Waals surface area (Å²) in [4.78, 5) is 27.0. The highest BCUT2D eigenvalue weighted by molar-refractivity contribution is 7.91. The van der Waals surface area contributed by atoms with Crippen molar-refractivity contribution >= 4 is 38.7 Å². The molecule has 2 fully saturated rings. The fourth-order valence-electron chi connectivity index (χ4n) is 3.77. The Balaban J connectivity index is 1.42. The van der Waals surface area contributed by atoms with Gasteiger partial charge in [-0.1, -0.05) is 0 Å². The molecule has 3 aliphatic rings. The Kier molecular flexibility index (Phi) is 5.55. The number of ether oxygens (including phenoxy) is 1. The van der Waals surface area contributed by atoms with E-state index < -0.39 is 15.9 Å². The minimum atomic E-state index is -3.14. The van der Waals surface area contributed by atoms with Crippen LogP contribution in [-0.4, -0.2) is 74.8 Å². The minimum absolute atomic E-state index is 0.0496. The Bertz CT molecular complexity index is 922. The van der Waals surface area contributed by atoms with Gasteiger partial charge >= 0.3 is 0 Å². The first kappa shape index (κ1) is 19.8. The standard InChI is InChI=1S/C19H24N4O5S/c24-18-6-5-17(21-23(18)16-7-12-29(26,27)13-16)19(25)20-14-1-3-15(4-2-14)22-8-10-28-11-9-22/h1-4,16H,5-13H2,(H,20,25). The van der Waals surface area contributed by atoms with Crippen molar-refractivity contribution in [1.29, 1.82) is 0 Å². The number of anilines is 2. The van der Waals surface area contributed by atoms with E-state index in [0.717, 1.165) is 18.8 Å². The molecule has 4 rings (SSSR count). The molecule has 1 unspecified atom stereocenters. The van der Waals surface area contributed by atoms with Gasteiger partial charge in [0.25, 0.3) is 5.91 Å². The van der Waals surface area contributed by atoms with Crippen LogP contribution in [0.1, 0.15) is 19.3 Å². The van der Waals surface area contributed by atoms with Crippen molar-refractivity contribution in [2.45, 2.75) is 25.3 Å². The largest absolute Gasteiger partial charge is 0.378 e. The fraction of sp³-hybridized carbons (Fsp3) is 0.526. The molecule has 0 saturated carbocycles. The van der Waals surface area contributed by atoms with Gasteiger partial charge < -0.3 is 15.0 Å². The van der Waals surface area contributed by atoms with Crippen molar-refractivity contribution in [3.63, 3.8) is 0 Å². The van der Waals surface area contributed by atoms with E-state index in [1.807, 2.05) is 24.3 Å². The highest BCUT2D eigenvalue weighted by Crippen LogP contribution is 2.23. The lowest BCUT2D eigenvalue weighted by molar-refractivity contribution is -0.133. The molecule has 1 N–H and O–H groups in total. The minimum Gasteiger partial charge on any atom is -0.378 e. The van der Waals surface area contributed by atoms with E-state index in [-0.39, 0.29) is 41.9 Å². The van der Waals surface area contributed by atoms with Gasteiger partial charge in [-0.05, 0) is 30.7 Å². The normalized spacial score (nSPS) is 24.3. The first-order valence-electron chi connectivity index (χ1n) is 9.75. The number of hydrogen-bond donors (Lipinski definition) is 1. The number of carbonyl (C=O) groups is 2. The molecule has 2 saturated heterocycles. The summed E-state index contributed by atoms with van der Waals surface area (Å²) < 4.78 is 28.8. The van der Waals surface area contributed by atoms with Crippen LogP contribution in [0.3, 0.4) is 0 Å². The van der Waals surface area contributed by atoms with Gasteiger partial charge in [0.2, 0.25) is 5.91 Å². The molecule has 0 bridgehead atoms. The topological polar surface area (TPSA) is 108 Å². The van der Waals surface area contributed by atoms with Gasteiger partial charge in [0.15, 0.2) is 9.84 Å². The quantitative estimate of drug-likeness (QED) is 0.765. The van der Waals surface area contributed by atoms with Crippen LogP contribution < -0.4 is 10.2 Å². The summed E-state index contributed by atoms with van der Waals surface area (Å²) in [6.45, 7) is 3.08.